The number of hydrogen-bond donors (Lipinski definition) is 3. The van der Waals surface area contributed by atoms with Crippen molar-refractivity contribution >= 4 is 34.7 Å². The van der Waals surface area contributed by atoms with E-state index in [1.165, 1.54) is 0 Å². The third-order valence-corrected chi connectivity index (χ3v) is 3.41. The lowest BCUT2D eigenvalue weighted by Crippen LogP contribution is -2.35. The quantitative estimate of drug-likeness (QED) is 0.777. The van der Waals surface area contributed by atoms with E-state index in [-0.39, 0.29) is 0 Å². The van der Waals surface area contributed by atoms with Crippen LogP contribution in [0.1, 0.15) is 6.42 Å². The van der Waals surface area contributed by atoms with Gasteiger partial charge in [-0.3, -0.25) is 4.99 Å². The van der Waals surface area contributed by atoms with Crippen molar-refractivity contribution in [3.05, 3.63) is 28.2 Å². The van der Waals surface area contributed by atoms with Crippen LogP contribution in [0.15, 0.2) is 23.2 Å². The molecule has 0 saturated heterocycles. The molecular formula is C12H16Cl2N4. The van der Waals surface area contributed by atoms with Gasteiger partial charge in [0.15, 0.2) is 0 Å². The van der Waals surface area contributed by atoms with E-state index in [2.05, 4.69) is 15.6 Å². The number of nitrogens with two attached hydrogens (primary N) is 1. The Balaban J connectivity index is 1.89. The van der Waals surface area contributed by atoms with E-state index in [0.29, 0.717) is 29.2 Å². The highest BCUT2D eigenvalue weighted by molar-refractivity contribution is 6.39. The van der Waals surface area contributed by atoms with Crippen molar-refractivity contribution in [3.63, 3.8) is 0 Å². The van der Waals surface area contributed by atoms with Gasteiger partial charge in [0.05, 0.1) is 28.8 Å². The van der Waals surface area contributed by atoms with Gasteiger partial charge in [0, 0.05) is 6.04 Å². The van der Waals surface area contributed by atoms with E-state index in [4.69, 9.17) is 28.9 Å². The standard InChI is InChI=1S/C12H16Cl2N4/c13-9-2-1-3-10(14)12(9)17-7-11-16-6-8(18-11)4-5-15/h1-3,8,17H,4-7,15H2,(H,16,18). The first-order valence-electron chi connectivity index (χ1n) is 5.88. The molecule has 0 fully saturated rings. The normalized spacial score (nSPS) is 18.4. The zero-order valence-electron chi connectivity index (χ0n) is 9.92. The van der Waals surface area contributed by atoms with Crippen LogP contribution in [0.3, 0.4) is 0 Å². The van der Waals surface area contributed by atoms with Crippen molar-refractivity contribution in [2.75, 3.05) is 25.0 Å². The van der Waals surface area contributed by atoms with Crippen LogP contribution in [-0.4, -0.2) is 31.5 Å². The third kappa shape index (κ3) is 3.28. The highest BCUT2D eigenvalue weighted by atomic mass is 35.5. The molecule has 1 aliphatic rings. The maximum atomic E-state index is 6.07. The second kappa shape index (κ2) is 6.27. The third-order valence-electron chi connectivity index (χ3n) is 2.78. The summed E-state index contributed by atoms with van der Waals surface area (Å²) in [5, 5.41) is 7.74. The molecule has 1 heterocycles. The molecule has 0 saturated carbocycles. The molecular weight excluding hydrogens is 271 g/mol. The average molecular weight is 287 g/mol. The molecule has 6 heteroatoms. The summed E-state index contributed by atoms with van der Waals surface area (Å²) in [5.74, 6) is 0.921. The van der Waals surface area contributed by atoms with Crippen molar-refractivity contribution in [1.82, 2.24) is 5.32 Å². The van der Waals surface area contributed by atoms with Crippen molar-refractivity contribution < 1.29 is 0 Å². The summed E-state index contributed by atoms with van der Waals surface area (Å²) in [4.78, 5) is 4.41. The van der Waals surface area contributed by atoms with Gasteiger partial charge in [0.1, 0.15) is 5.84 Å². The number of nitrogens with zero attached hydrogens (tertiary/aromatic N) is 1. The molecule has 4 N–H and O–H groups in total. The van der Waals surface area contributed by atoms with Crippen molar-refractivity contribution in [2.45, 2.75) is 12.5 Å². The molecule has 1 atom stereocenters. The van der Waals surface area contributed by atoms with Crippen LogP contribution in [0.25, 0.3) is 0 Å². The molecule has 1 aliphatic heterocycles. The van der Waals surface area contributed by atoms with E-state index in [0.717, 1.165) is 24.5 Å². The smallest absolute Gasteiger partial charge is 0.116 e. The van der Waals surface area contributed by atoms with Gasteiger partial charge in [-0.1, -0.05) is 29.3 Å². The van der Waals surface area contributed by atoms with Crippen LogP contribution >= 0.6 is 23.2 Å². The van der Waals surface area contributed by atoms with Gasteiger partial charge in [-0.05, 0) is 25.1 Å². The molecule has 0 aliphatic carbocycles. The SMILES string of the molecule is NCCC1CN=C(CNc2c(Cl)cccc2Cl)N1. The lowest BCUT2D eigenvalue weighted by molar-refractivity contribution is 0.609. The second-order valence-electron chi connectivity index (χ2n) is 4.16. The topological polar surface area (TPSA) is 62.4 Å². The molecule has 1 unspecified atom stereocenters. The molecule has 0 radical (unpaired) electrons. The van der Waals surface area contributed by atoms with Crippen molar-refractivity contribution in [2.24, 2.45) is 10.7 Å². The second-order valence-corrected chi connectivity index (χ2v) is 4.97. The number of nitrogens with one attached hydrogen (secondary N) is 2. The summed E-state index contributed by atoms with van der Waals surface area (Å²) in [5.41, 5.74) is 6.26. The monoisotopic (exact) mass is 286 g/mol. The van der Waals surface area contributed by atoms with Gasteiger partial charge < -0.3 is 16.4 Å². The zero-order chi connectivity index (χ0) is 13.0. The maximum absolute atomic E-state index is 6.07. The van der Waals surface area contributed by atoms with Gasteiger partial charge in [-0.15, -0.1) is 0 Å². The fourth-order valence-electron chi connectivity index (χ4n) is 1.86. The van der Waals surface area contributed by atoms with E-state index < -0.39 is 0 Å². The molecule has 0 bridgehead atoms. The number of rotatable bonds is 5. The molecule has 1 aromatic carbocycles. The number of hydrogen-bond acceptors (Lipinski definition) is 4. The van der Waals surface area contributed by atoms with Crippen LogP contribution in [-0.2, 0) is 0 Å². The minimum atomic E-state index is 0.355. The number of amidine groups is 1. The van der Waals surface area contributed by atoms with Crippen LogP contribution in [0.5, 0.6) is 0 Å². The fourth-order valence-corrected chi connectivity index (χ4v) is 2.39. The van der Waals surface area contributed by atoms with E-state index in [1.807, 2.05) is 6.07 Å². The van der Waals surface area contributed by atoms with E-state index in [9.17, 15) is 0 Å². The molecule has 18 heavy (non-hydrogen) atoms. The minimum Gasteiger partial charge on any atom is -0.375 e. The summed E-state index contributed by atoms with van der Waals surface area (Å²) < 4.78 is 0. The molecule has 4 nitrogen and oxygen atoms in total. The Kier molecular flexibility index (Phi) is 4.69. The van der Waals surface area contributed by atoms with Gasteiger partial charge in [-0.2, -0.15) is 0 Å². The largest absolute Gasteiger partial charge is 0.375 e. The van der Waals surface area contributed by atoms with E-state index in [1.54, 1.807) is 12.1 Å². The number of benzene rings is 1. The molecule has 0 spiro atoms. The van der Waals surface area contributed by atoms with Crippen molar-refractivity contribution in [3.8, 4) is 0 Å². The lowest BCUT2D eigenvalue weighted by atomic mass is 10.2. The zero-order valence-corrected chi connectivity index (χ0v) is 11.4. The number of anilines is 1. The summed E-state index contributed by atoms with van der Waals surface area (Å²) in [7, 11) is 0. The molecule has 1 aromatic rings. The number of para-hydroxylation sites is 1. The Morgan fingerprint density at radius 3 is 2.78 bits per heavy atom. The Hall–Kier alpha value is -0.970. The number of aliphatic imine (C=N–C) groups is 1. The van der Waals surface area contributed by atoms with E-state index >= 15 is 0 Å². The fraction of sp³-hybridized carbons (Fsp3) is 0.417. The average Bonchev–Trinajstić information content (AvgIpc) is 2.77. The van der Waals surface area contributed by atoms with Gasteiger partial charge in [0.25, 0.3) is 0 Å². The predicted molar refractivity (Wildman–Crippen MR) is 77.8 cm³/mol. The first-order valence-corrected chi connectivity index (χ1v) is 6.64. The molecule has 2 rings (SSSR count). The Morgan fingerprint density at radius 1 is 1.39 bits per heavy atom. The van der Waals surface area contributed by atoms with Crippen LogP contribution in [0.4, 0.5) is 5.69 Å². The van der Waals surface area contributed by atoms with Gasteiger partial charge >= 0.3 is 0 Å². The summed E-state index contributed by atoms with van der Waals surface area (Å²) in [6.45, 7) is 2.04. The van der Waals surface area contributed by atoms with Gasteiger partial charge in [0.2, 0.25) is 0 Å². The summed E-state index contributed by atoms with van der Waals surface area (Å²) in [6.07, 6.45) is 0.930. The Morgan fingerprint density at radius 2 is 2.11 bits per heavy atom. The minimum absolute atomic E-state index is 0.355. The lowest BCUT2D eigenvalue weighted by Gasteiger charge is -2.13. The van der Waals surface area contributed by atoms with Gasteiger partial charge in [-0.25, -0.2) is 0 Å². The predicted octanol–water partition coefficient (Wildman–Crippen LogP) is 2.12. The van der Waals surface area contributed by atoms with Crippen molar-refractivity contribution in [1.29, 1.82) is 0 Å². The summed E-state index contributed by atoms with van der Waals surface area (Å²) in [6, 6.07) is 5.78. The summed E-state index contributed by atoms with van der Waals surface area (Å²) >= 11 is 12.1. The molecule has 98 valence electrons. The Bertz CT molecular complexity index is 427. The molecule has 0 aromatic heterocycles. The van der Waals surface area contributed by atoms with Crippen LogP contribution < -0.4 is 16.4 Å². The highest BCUT2D eigenvalue weighted by Gasteiger charge is 2.16. The number of halogens is 2. The first kappa shape index (κ1) is 13.5. The van der Waals surface area contributed by atoms with Crippen LogP contribution in [0, 0.1) is 0 Å². The Labute approximate surface area is 117 Å². The molecule has 0 amide bonds. The van der Waals surface area contributed by atoms with Crippen LogP contribution in [0.2, 0.25) is 10.0 Å². The highest BCUT2D eigenvalue weighted by Crippen LogP contribution is 2.29. The maximum Gasteiger partial charge on any atom is 0.116 e. The first-order chi connectivity index (χ1) is 8.70.